The van der Waals surface area contributed by atoms with Crippen LogP contribution in [0.25, 0.3) is 0 Å². The molecule has 0 aliphatic heterocycles. The van der Waals surface area contributed by atoms with E-state index in [-0.39, 0.29) is 11.9 Å². The standard InChI is InChI=1S/C16H19N3O2S/c1-11(19(2)10-14-4-3-9-22-14)16(21)18-13-7-5-12(6-8-13)15(17)20/h3-9,11H,10H2,1-2H3,(H2,17,20)(H,18,21). The van der Waals surface area contributed by atoms with Crippen molar-refractivity contribution in [2.45, 2.75) is 19.5 Å². The predicted octanol–water partition coefficient (Wildman–Crippen LogP) is 2.31. The molecule has 0 saturated carbocycles. The lowest BCUT2D eigenvalue weighted by atomic mass is 10.2. The summed E-state index contributed by atoms with van der Waals surface area (Å²) in [5, 5.41) is 4.86. The lowest BCUT2D eigenvalue weighted by molar-refractivity contribution is -0.120. The molecule has 0 aliphatic rings. The Bertz CT molecular complexity index is 638. The van der Waals surface area contributed by atoms with Gasteiger partial charge < -0.3 is 11.1 Å². The molecular weight excluding hydrogens is 298 g/mol. The number of likely N-dealkylation sites (N-methyl/N-ethyl adjacent to an activating group) is 1. The number of nitrogens with two attached hydrogens (primary N) is 1. The van der Waals surface area contributed by atoms with Crippen LogP contribution >= 0.6 is 11.3 Å². The van der Waals surface area contributed by atoms with Gasteiger partial charge in [0.25, 0.3) is 0 Å². The fraction of sp³-hybridized carbons (Fsp3) is 0.250. The van der Waals surface area contributed by atoms with E-state index in [0.29, 0.717) is 11.3 Å². The van der Waals surface area contributed by atoms with Gasteiger partial charge in [0.1, 0.15) is 0 Å². The zero-order chi connectivity index (χ0) is 16.1. The zero-order valence-corrected chi connectivity index (χ0v) is 13.4. The summed E-state index contributed by atoms with van der Waals surface area (Å²) in [6, 6.07) is 10.3. The lowest BCUT2D eigenvalue weighted by Gasteiger charge is -2.23. The highest BCUT2D eigenvalue weighted by atomic mass is 32.1. The third kappa shape index (κ3) is 4.16. The highest BCUT2D eigenvalue weighted by Crippen LogP contribution is 2.14. The Morgan fingerprint density at radius 3 is 2.50 bits per heavy atom. The summed E-state index contributed by atoms with van der Waals surface area (Å²) in [4.78, 5) is 26.5. The van der Waals surface area contributed by atoms with Gasteiger partial charge in [0, 0.05) is 22.7 Å². The number of hydrogen-bond donors (Lipinski definition) is 2. The van der Waals surface area contributed by atoms with Crippen molar-refractivity contribution < 1.29 is 9.59 Å². The summed E-state index contributed by atoms with van der Waals surface area (Å²) in [6.07, 6.45) is 0. The van der Waals surface area contributed by atoms with Crippen molar-refractivity contribution in [1.82, 2.24) is 4.90 Å². The van der Waals surface area contributed by atoms with Crippen LogP contribution in [0, 0.1) is 0 Å². The molecule has 116 valence electrons. The number of nitrogens with one attached hydrogen (secondary N) is 1. The molecular formula is C16H19N3O2S. The van der Waals surface area contributed by atoms with E-state index >= 15 is 0 Å². The highest BCUT2D eigenvalue weighted by Gasteiger charge is 2.18. The van der Waals surface area contributed by atoms with Crippen LogP contribution < -0.4 is 11.1 Å². The van der Waals surface area contributed by atoms with Crippen LogP contribution in [0.4, 0.5) is 5.69 Å². The summed E-state index contributed by atoms with van der Waals surface area (Å²) in [5.41, 5.74) is 6.25. The van der Waals surface area contributed by atoms with Crippen molar-refractivity contribution in [3.05, 3.63) is 52.2 Å². The van der Waals surface area contributed by atoms with E-state index in [2.05, 4.69) is 5.32 Å². The van der Waals surface area contributed by atoms with Crippen molar-refractivity contribution in [3.8, 4) is 0 Å². The first kappa shape index (κ1) is 16.2. The van der Waals surface area contributed by atoms with Gasteiger partial charge in [-0.15, -0.1) is 11.3 Å². The number of primary amides is 1. The summed E-state index contributed by atoms with van der Waals surface area (Å²) in [6.45, 7) is 2.59. The molecule has 1 atom stereocenters. The van der Waals surface area contributed by atoms with Crippen LogP contribution in [-0.4, -0.2) is 29.8 Å². The molecule has 22 heavy (non-hydrogen) atoms. The third-order valence-electron chi connectivity index (χ3n) is 3.46. The molecule has 0 radical (unpaired) electrons. The summed E-state index contributed by atoms with van der Waals surface area (Å²) in [7, 11) is 1.92. The van der Waals surface area contributed by atoms with Gasteiger partial charge in [-0.2, -0.15) is 0 Å². The minimum Gasteiger partial charge on any atom is -0.366 e. The molecule has 2 aromatic rings. The Morgan fingerprint density at radius 2 is 1.95 bits per heavy atom. The molecule has 1 aromatic heterocycles. The van der Waals surface area contributed by atoms with Crippen molar-refractivity contribution in [2.75, 3.05) is 12.4 Å². The van der Waals surface area contributed by atoms with Crippen molar-refractivity contribution in [3.63, 3.8) is 0 Å². The van der Waals surface area contributed by atoms with Gasteiger partial charge in [-0.3, -0.25) is 14.5 Å². The number of hydrogen-bond acceptors (Lipinski definition) is 4. The molecule has 6 heteroatoms. The van der Waals surface area contributed by atoms with Crippen molar-refractivity contribution >= 4 is 28.8 Å². The maximum Gasteiger partial charge on any atom is 0.248 e. The van der Waals surface area contributed by atoms with Gasteiger partial charge in [0.05, 0.1) is 6.04 Å². The van der Waals surface area contributed by atoms with E-state index in [1.165, 1.54) is 4.88 Å². The van der Waals surface area contributed by atoms with Gasteiger partial charge in [-0.25, -0.2) is 0 Å². The number of benzene rings is 1. The monoisotopic (exact) mass is 317 g/mol. The molecule has 0 saturated heterocycles. The highest BCUT2D eigenvalue weighted by molar-refractivity contribution is 7.09. The first-order valence-electron chi connectivity index (χ1n) is 6.90. The largest absolute Gasteiger partial charge is 0.366 e. The lowest BCUT2D eigenvalue weighted by Crippen LogP contribution is -2.39. The average Bonchev–Trinajstić information content (AvgIpc) is 2.99. The second-order valence-electron chi connectivity index (χ2n) is 5.10. The molecule has 1 unspecified atom stereocenters. The zero-order valence-electron chi connectivity index (χ0n) is 12.6. The van der Waals surface area contributed by atoms with Crippen molar-refractivity contribution in [2.24, 2.45) is 5.73 Å². The molecule has 2 rings (SSSR count). The number of amides is 2. The fourth-order valence-electron chi connectivity index (χ4n) is 1.95. The molecule has 0 bridgehead atoms. The maximum atomic E-state index is 12.3. The van der Waals surface area contributed by atoms with Gasteiger partial charge in [0.2, 0.25) is 11.8 Å². The minimum absolute atomic E-state index is 0.0918. The Labute approximate surface area is 133 Å². The molecule has 3 N–H and O–H groups in total. The molecule has 0 aliphatic carbocycles. The quantitative estimate of drug-likeness (QED) is 0.858. The normalized spacial score (nSPS) is 12.1. The molecule has 0 fully saturated rings. The van der Waals surface area contributed by atoms with Gasteiger partial charge in [-0.05, 0) is 49.7 Å². The number of anilines is 1. The van der Waals surface area contributed by atoms with E-state index in [0.717, 1.165) is 6.54 Å². The van der Waals surface area contributed by atoms with Crippen LogP contribution in [0.15, 0.2) is 41.8 Å². The molecule has 2 amide bonds. The molecule has 1 aromatic carbocycles. The van der Waals surface area contributed by atoms with Crippen LogP contribution in [0.5, 0.6) is 0 Å². The molecule has 1 heterocycles. The SMILES string of the molecule is CC(C(=O)Nc1ccc(C(N)=O)cc1)N(C)Cc1cccs1. The van der Waals surface area contributed by atoms with Crippen molar-refractivity contribution in [1.29, 1.82) is 0 Å². The number of carbonyl (C=O) groups excluding carboxylic acids is 2. The van der Waals surface area contributed by atoms with E-state index in [1.54, 1.807) is 35.6 Å². The minimum atomic E-state index is -0.484. The van der Waals surface area contributed by atoms with Gasteiger partial charge >= 0.3 is 0 Å². The Hall–Kier alpha value is -2.18. The number of carbonyl (C=O) groups is 2. The maximum absolute atomic E-state index is 12.3. The average molecular weight is 317 g/mol. The Morgan fingerprint density at radius 1 is 1.27 bits per heavy atom. The molecule has 5 nitrogen and oxygen atoms in total. The second-order valence-corrected chi connectivity index (χ2v) is 6.13. The van der Waals surface area contributed by atoms with E-state index < -0.39 is 5.91 Å². The summed E-state index contributed by atoms with van der Waals surface area (Å²) < 4.78 is 0. The van der Waals surface area contributed by atoms with E-state index in [4.69, 9.17) is 5.73 Å². The summed E-state index contributed by atoms with van der Waals surface area (Å²) in [5.74, 6) is -0.576. The topological polar surface area (TPSA) is 75.4 Å². The number of thiophene rings is 1. The first-order chi connectivity index (χ1) is 10.5. The smallest absolute Gasteiger partial charge is 0.248 e. The predicted molar refractivity (Wildman–Crippen MR) is 88.8 cm³/mol. The van der Waals surface area contributed by atoms with Crippen LogP contribution in [0.2, 0.25) is 0 Å². The van der Waals surface area contributed by atoms with Crippen LogP contribution in [-0.2, 0) is 11.3 Å². The fourth-order valence-corrected chi connectivity index (χ4v) is 2.72. The van der Waals surface area contributed by atoms with Gasteiger partial charge in [-0.1, -0.05) is 6.07 Å². The number of rotatable bonds is 6. The van der Waals surface area contributed by atoms with Crippen LogP contribution in [0.3, 0.4) is 0 Å². The van der Waals surface area contributed by atoms with Crippen LogP contribution in [0.1, 0.15) is 22.2 Å². The number of nitrogens with zero attached hydrogens (tertiary/aromatic N) is 1. The Kier molecular flexibility index (Phi) is 5.30. The Balaban J connectivity index is 1.94. The van der Waals surface area contributed by atoms with Gasteiger partial charge in [0.15, 0.2) is 0 Å². The van der Waals surface area contributed by atoms with E-state index in [9.17, 15) is 9.59 Å². The van der Waals surface area contributed by atoms with E-state index in [1.807, 2.05) is 36.4 Å². The first-order valence-corrected chi connectivity index (χ1v) is 7.78. The molecule has 0 spiro atoms. The summed E-state index contributed by atoms with van der Waals surface area (Å²) >= 11 is 1.67. The third-order valence-corrected chi connectivity index (χ3v) is 4.32. The second kappa shape index (κ2) is 7.20.